The molecule has 2 aromatic carbocycles. The number of amides is 2. The van der Waals surface area contributed by atoms with Crippen molar-refractivity contribution >= 4 is 57.8 Å². The minimum absolute atomic E-state index is 0.0926. The lowest BCUT2D eigenvalue weighted by atomic mass is 10.2. The number of hydrogen-bond donors (Lipinski definition) is 0. The summed E-state index contributed by atoms with van der Waals surface area (Å²) in [6, 6.07) is 18.0. The van der Waals surface area contributed by atoms with Crippen molar-refractivity contribution in [2.45, 2.75) is 6.92 Å². The number of amidine groups is 1. The van der Waals surface area contributed by atoms with Gasteiger partial charge >= 0.3 is 0 Å². The topological polar surface area (TPSA) is 75.4 Å². The van der Waals surface area contributed by atoms with E-state index >= 15 is 0 Å². The number of furan rings is 1. The third-order valence-electron chi connectivity index (χ3n) is 5.06. The predicted octanol–water partition coefficient (Wildman–Crippen LogP) is 5.47. The minimum Gasteiger partial charge on any atom is -0.495 e. The maximum absolute atomic E-state index is 13.3. The number of anilines is 2. The first-order valence-electron chi connectivity index (χ1n) is 10.5. The van der Waals surface area contributed by atoms with Crippen molar-refractivity contribution in [1.29, 1.82) is 0 Å². The van der Waals surface area contributed by atoms with Crippen LogP contribution in [0.1, 0.15) is 12.7 Å². The highest BCUT2D eigenvalue weighted by Gasteiger charge is 2.33. The van der Waals surface area contributed by atoms with E-state index in [2.05, 4.69) is 4.99 Å². The summed E-state index contributed by atoms with van der Waals surface area (Å²) in [4.78, 5) is 33.9. The van der Waals surface area contributed by atoms with Crippen LogP contribution in [-0.4, -0.2) is 36.4 Å². The molecule has 0 atom stereocenters. The van der Waals surface area contributed by atoms with Crippen molar-refractivity contribution in [3.8, 4) is 5.75 Å². The van der Waals surface area contributed by atoms with Gasteiger partial charge in [0.2, 0.25) is 5.91 Å². The van der Waals surface area contributed by atoms with Crippen LogP contribution in [0.4, 0.5) is 11.4 Å². The molecule has 0 radical (unpaired) electrons. The quantitative estimate of drug-likeness (QED) is 0.406. The van der Waals surface area contributed by atoms with E-state index in [1.807, 2.05) is 37.3 Å². The molecule has 3 aromatic rings. The van der Waals surface area contributed by atoms with Crippen LogP contribution >= 0.6 is 23.4 Å². The van der Waals surface area contributed by atoms with Crippen molar-refractivity contribution in [3.05, 3.63) is 83.4 Å². The predicted molar refractivity (Wildman–Crippen MR) is 137 cm³/mol. The monoisotopic (exact) mass is 495 g/mol. The molecule has 0 spiro atoms. The molecule has 0 bridgehead atoms. The molecular formula is C25H22ClN3O4S. The first-order valence-corrected chi connectivity index (χ1v) is 11.9. The third-order valence-corrected chi connectivity index (χ3v) is 6.27. The molecule has 9 heteroatoms. The van der Waals surface area contributed by atoms with Gasteiger partial charge in [-0.25, -0.2) is 4.99 Å². The number of hydrogen-bond acceptors (Lipinski definition) is 6. The SMILES string of the molecule is CCN(C(=O)CSC1=N/C(=C/c2ccco2)C(=O)N1c1ccc(OC)c(Cl)c1)c1ccccc1. The van der Waals surface area contributed by atoms with Crippen LogP contribution in [0.25, 0.3) is 6.08 Å². The van der Waals surface area contributed by atoms with E-state index < -0.39 is 0 Å². The van der Waals surface area contributed by atoms with E-state index in [-0.39, 0.29) is 23.3 Å². The van der Waals surface area contributed by atoms with Crippen molar-refractivity contribution in [2.75, 3.05) is 29.2 Å². The fourth-order valence-corrected chi connectivity index (χ4v) is 4.58. The fourth-order valence-electron chi connectivity index (χ4n) is 3.44. The lowest BCUT2D eigenvalue weighted by molar-refractivity contribution is -0.116. The molecule has 0 N–H and O–H groups in total. The second kappa shape index (κ2) is 10.6. The van der Waals surface area contributed by atoms with Gasteiger partial charge in [0.1, 0.15) is 17.2 Å². The van der Waals surface area contributed by atoms with Crippen LogP contribution in [0.3, 0.4) is 0 Å². The maximum Gasteiger partial charge on any atom is 0.283 e. The summed E-state index contributed by atoms with van der Waals surface area (Å²) in [7, 11) is 1.52. The number of carbonyl (C=O) groups is 2. The molecule has 2 amide bonds. The molecule has 4 rings (SSSR count). The molecule has 0 fully saturated rings. The van der Waals surface area contributed by atoms with Crippen LogP contribution in [0.5, 0.6) is 5.75 Å². The Morgan fingerprint density at radius 2 is 2.00 bits per heavy atom. The van der Waals surface area contributed by atoms with Crippen molar-refractivity contribution in [1.82, 2.24) is 0 Å². The Morgan fingerprint density at radius 1 is 1.21 bits per heavy atom. The van der Waals surface area contributed by atoms with E-state index in [4.69, 9.17) is 20.8 Å². The summed E-state index contributed by atoms with van der Waals surface area (Å²) >= 11 is 7.50. The zero-order chi connectivity index (χ0) is 24.1. The highest BCUT2D eigenvalue weighted by atomic mass is 35.5. The largest absolute Gasteiger partial charge is 0.495 e. The van der Waals surface area contributed by atoms with Crippen LogP contribution in [0, 0.1) is 0 Å². The van der Waals surface area contributed by atoms with Gasteiger partial charge in [0.25, 0.3) is 5.91 Å². The molecule has 0 aliphatic carbocycles. The van der Waals surface area contributed by atoms with Gasteiger partial charge < -0.3 is 14.1 Å². The van der Waals surface area contributed by atoms with Crippen molar-refractivity contribution in [2.24, 2.45) is 4.99 Å². The Hall–Kier alpha value is -3.49. The molecule has 1 aliphatic heterocycles. The van der Waals surface area contributed by atoms with Crippen LogP contribution in [0.2, 0.25) is 5.02 Å². The summed E-state index contributed by atoms with van der Waals surface area (Å²) in [5.74, 6) is 0.658. The Morgan fingerprint density at radius 3 is 2.65 bits per heavy atom. The molecule has 0 saturated heterocycles. The van der Waals surface area contributed by atoms with Gasteiger partial charge in [0.15, 0.2) is 5.17 Å². The summed E-state index contributed by atoms with van der Waals surface area (Å²) in [5.41, 5.74) is 1.54. The number of rotatable bonds is 7. The van der Waals surface area contributed by atoms with E-state index in [0.29, 0.717) is 33.9 Å². The van der Waals surface area contributed by atoms with Gasteiger partial charge in [0.05, 0.1) is 29.8 Å². The second-order valence-corrected chi connectivity index (χ2v) is 8.51. The van der Waals surface area contributed by atoms with E-state index in [1.54, 1.807) is 41.3 Å². The van der Waals surface area contributed by atoms with Crippen LogP contribution in [0.15, 0.2) is 82.0 Å². The molecule has 0 saturated carbocycles. The van der Waals surface area contributed by atoms with E-state index in [9.17, 15) is 9.59 Å². The number of benzene rings is 2. The first-order chi connectivity index (χ1) is 16.5. The van der Waals surface area contributed by atoms with Gasteiger partial charge in [-0.05, 0) is 49.4 Å². The average Bonchev–Trinajstić information content (AvgIpc) is 3.47. The fraction of sp³-hybridized carbons (Fsp3) is 0.160. The third kappa shape index (κ3) is 5.03. The molecule has 174 valence electrons. The number of para-hydroxylation sites is 1. The Labute approximate surface area is 206 Å². The summed E-state index contributed by atoms with van der Waals surface area (Å²) in [6.07, 6.45) is 3.09. The average molecular weight is 496 g/mol. The lowest BCUT2D eigenvalue weighted by Gasteiger charge is -2.22. The smallest absolute Gasteiger partial charge is 0.283 e. The maximum atomic E-state index is 13.3. The molecule has 34 heavy (non-hydrogen) atoms. The van der Waals surface area contributed by atoms with Crippen LogP contribution in [-0.2, 0) is 9.59 Å². The number of ether oxygens (including phenoxy) is 1. The normalized spacial score (nSPS) is 14.4. The number of thioether (sulfide) groups is 1. The number of aliphatic imine (C=N–C) groups is 1. The zero-order valence-corrected chi connectivity index (χ0v) is 20.2. The number of methoxy groups -OCH3 is 1. The number of nitrogens with zero attached hydrogens (tertiary/aromatic N) is 3. The Balaban J connectivity index is 1.61. The second-order valence-electron chi connectivity index (χ2n) is 7.16. The Bertz CT molecular complexity index is 1240. The Kier molecular flexibility index (Phi) is 7.40. The molecule has 1 aromatic heterocycles. The highest BCUT2D eigenvalue weighted by Crippen LogP contribution is 2.34. The number of carbonyl (C=O) groups excluding carboxylic acids is 2. The molecular weight excluding hydrogens is 474 g/mol. The number of halogens is 1. The highest BCUT2D eigenvalue weighted by molar-refractivity contribution is 8.14. The zero-order valence-electron chi connectivity index (χ0n) is 18.6. The van der Waals surface area contributed by atoms with Gasteiger partial charge in [-0.15, -0.1) is 0 Å². The van der Waals surface area contributed by atoms with Gasteiger partial charge in [0, 0.05) is 18.3 Å². The van der Waals surface area contributed by atoms with Gasteiger partial charge in [-0.2, -0.15) is 0 Å². The van der Waals surface area contributed by atoms with Crippen LogP contribution < -0.4 is 14.5 Å². The molecule has 1 aliphatic rings. The van der Waals surface area contributed by atoms with E-state index in [1.165, 1.54) is 30.0 Å². The standard InChI is InChI=1S/C25H22ClN3O4S/c1-3-28(17-8-5-4-6-9-17)23(30)16-34-25-27-21(15-19-10-7-13-33-19)24(31)29(25)18-11-12-22(32-2)20(26)14-18/h4-15H,3,16H2,1-2H3/b21-15+. The molecule has 2 heterocycles. The summed E-state index contributed by atoms with van der Waals surface area (Å²) in [6.45, 7) is 2.44. The molecule has 0 unspecified atom stereocenters. The first kappa shape index (κ1) is 23.7. The minimum atomic E-state index is -0.344. The molecule has 7 nitrogen and oxygen atoms in total. The van der Waals surface area contributed by atoms with E-state index in [0.717, 1.165) is 5.69 Å². The lowest BCUT2D eigenvalue weighted by Crippen LogP contribution is -2.34. The van der Waals surface area contributed by atoms with Gasteiger partial charge in [-0.1, -0.05) is 41.6 Å². The van der Waals surface area contributed by atoms with Crippen molar-refractivity contribution in [3.63, 3.8) is 0 Å². The van der Waals surface area contributed by atoms with Gasteiger partial charge in [-0.3, -0.25) is 14.5 Å². The van der Waals surface area contributed by atoms with Crippen molar-refractivity contribution < 1.29 is 18.7 Å². The summed E-state index contributed by atoms with van der Waals surface area (Å²) < 4.78 is 10.6. The summed E-state index contributed by atoms with van der Waals surface area (Å²) in [5, 5.41) is 0.736.